The number of nitrogens with zero attached hydrogens (tertiary/aromatic N) is 2. The Morgan fingerprint density at radius 1 is 0.918 bits per heavy atom. The minimum absolute atomic E-state index is 0.0556. The fourth-order valence-corrected chi connectivity index (χ4v) is 12.4. The Hall–Kier alpha value is -5.25. The van der Waals surface area contributed by atoms with Crippen molar-refractivity contribution in [1.29, 1.82) is 0 Å². The van der Waals surface area contributed by atoms with E-state index in [0.29, 0.717) is 35.7 Å². The molecule has 1 amide bonds. The van der Waals surface area contributed by atoms with Crippen molar-refractivity contribution in [2.24, 2.45) is 5.73 Å². The zero-order valence-electron chi connectivity index (χ0n) is 28.5. The third kappa shape index (κ3) is 6.59. The van der Waals surface area contributed by atoms with Crippen LogP contribution in [-0.4, -0.2) is 40.6 Å². The Balaban J connectivity index is 1.26. The summed E-state index contributed by atoms with van der Waals surface area (Å²) in [5.74, 6) is 0.778. The van der Waals surface area contributed by atoms with Gasteiger partial charge in [-0.05, 0) is 59.0 Å². The van der Waals surface area contributed by atoms with Crippen molar-refractivity contribution in [2.45, 2.75) is 51.8 Å². The first-order valence-electron chi connectivity index (χ1n) is 16.7. The molecule has 0 bridgehead atoms. The molecule has 0 saturated heterocycles. The molecule has 2 heterocycles. The first-order chi connectivity index (χ1) is 23.7. The molecule has 250 valence electrons. The number of amides is 1. The van der Waals surface area contributed by atoms with E-state index in [2.05, 4.69) is 96.7 Å². The maximum Gasteiger partial charge on any atom is 0.252 e. The summed E-state index contributed by atoms with van der Waals surface area (Å²) in [4.78, 5) is 25.0. The highest BCUT2D eigenvalue weighted by Gasteiger charge is 2.47. The van der Waals surface area contributed by atoms with Crippen molar-refractivity contribution in [3.05, 3.63) is 126 Å². The number of aliphatic hydroxyl groups excluding tert-OH is 1. The SMILES string of the molecule is CCc1c(CO)cccc1Nc1c(C(N)=O)cnc2nc(-c3ccc(OCC[Si](c4ccccc4)(c4ccccc4)C(C)(C)C)cc3)[nH]c12. The predicted octanol–water partition coefficient (Wildman–Crippen LogP) is 6.96. The lowest BCUT2D eigenvalue weighted by Crippen LogP contribution is -2.64. The number of carbonyl (C=O) groups excluding carboxylic acids is 1. The molecule has 0 atom stereocenters. The van der Waals surface area contributed by atoms with Crippen LogP contribution in [0.2, 0.25) is 11.1 Å². The number of pyridine rings is 1. The van der Waals surface area contributed by atoms with Crippen LogP contribution in [0.5, 0.6) is 5.75 Å². The van der Waals surface area contributed by atoms with Crippen LogP contribution in [0.1, 0.15) is 49.2 Å². The van der Waals surface area contributed by atoms with E-state index < -0.39 is 14.0 Å². The Labute approximate surface area is 288 Å². The summed E-state index contributed by atoms with van der Waals surface area (Å²) in [5.41, 5.74) is 10.9. The second-order valence-corrected chi connectivity index (χ2v) is 18.3. The van der Waals surface area contributed by atoms with Crippen LogP contribution in [0.4, 0.5) is 11.4 Å². The Kier molecular flexibility index (Phi) is 9.66. The largest absolute Gasteiger partial charge is 0.494 e. The molecular formula is C40H43N5O3Si. The molecule has 0 aliphatic carbocycles. The van der Waals surface area contributed by atoms with E-state index in [4.69, 9.17) is 15.5 Å². The molecular weight excluding hydrogens is 627 g/mol. The van der Waals surface area contributed by atoms with Gasteiger partial charge in [-0.1, -0.05) is 111 Å². The zero-order valence-corrected chi connectivity index (χ0v) is 29.5. The van der Waals surface area contributed by atoms with Crippen molar-refractivity contribution in [3.8, 4) is 17.1 Å². The van der Waals surface area contributed by atoms with E-state index in [0.717, 1.165) is 34.2 Å². The lowest BCUT2D eigenvalue weighted by atomic mass is 10.0. The van der Waals surface area contributed by atoms with Crippen LogP contribution >= 0.6 is 0 Å². The summed E-state index contributed by atoms with van der Waals surface area (Å²) in [5, 5.41) is 16.1. The fraction of sp³-hybridized carbons (Fsp3) is 0.225. The summed E-state index contributed by atoms with van der Waals surface area (Å²) < 4.78 is 6.43. The number of aliphatic hydroxyl groups is 1. The van der Waals surface area contributed by atoms with E-state index in [-0.39, 0.29) is 17.2 Å². The summed E-state index contributed by atoms with van der Waals surface area (Å²) in [7, 11) is -2.24. The number of aromatic nitrogens is 3. The molecule has 6 rings (SSSR count). The number of aromatic amines is 1. The van der Waals surface area contributed by atoms with E-state index in [1.165, 1.54) is 16.6 Å². The van der Waals surface area contributed by atoms with Gasteiger partial charge in [0.1, 0.15) is 25.2 Å². The van der Waals surface area contributed by atoms with Crippen LogP contribution in [-0.2, 0) is 13.0 Å². The van der Waals surface area contributed by atoms with Crippen molar-refractivity contribution in [1.82, 2.24) is 15.0 Å². The number of primary amides is 1. The number of hydrogen-bond donors (Lipinski definition) is 4. The average Bonchev–Trinajstić information content (AvgIpc) is 3.55. The van der Waals surface area contributed by atoms with Gasteiger partial charge >= 0.3 is 0 Å². The van der Waals surface area contributed by atoms with Crippen LogP contribution in [0.25, 0.3) is 22.6 Å². The van der Waals surface area contributed by atoms with E-state index in [9.17, 15) is 9.90 Å². The number of rotatable bonds is 12. The Bertz CT molecular complexity index is 2020. The number of benzene rings is 4. The number of nitrogens with one attached hydrogen (secondary N) is 2. The molecule has 8 nitrogen and oxygen atoms in total. The van der Waals surface area contributed by atoms with Crippen LogP contribution in [0.15, 0.2) is 109 Å². The van der Waals surface area contributed by atoms with Gasteiger partial charge in [0, 0.05) is 17.4 Å². The molecule has 4 aromatic carbocycles. The third-order valence-corrected chi connectivity index (χ3v) is 15.7. The number of anilines is 2. The number of imidazole rings is 1. The smallest absolute Gasteiger partial charge is 0.252 e. The van der Waals surface area contributed by atoms with Gasteiger partial charge < -0.3 is 25.9 Å². The molecule has 9 heteroatoms. The molecule has 0 spiro atoms. The molecule has 0 aliphatic heterocycles. The summed E-state index contributed by atoms with van der Waals surface area (Å²) in [6, 6.07) is 36.3. The van der Waals surface area contributed by atoms with Gasteiger partial charge in [-0.25, -0.2) is 9.97 Å². The minimum atomic E-state index is -2.24. The molecule has 0 radical (unpaired) electrons. The van der Waals surface area contributed by atoms with Crippen molar-refractivity contribution in [3.63, 3.8) is 0 Å². The van der Waals surface area contributed by atoms with Gasteiger partial charge in [-0.2, -0.15) is 0 Å². The first-order valence-corrected chi connectivity index (χ1v) is 18.9. The molecule has 49 heavy (non-hydrogen) atoms. The van der Waals surface area contributed by atoms with Crippen molar-refractivity contribution in [2.75, 3.05) is 11.9 Å². The summed E-state index contributed by atoms with van der Waals surface area (Å²) in [6.07, 6.45) is 2.14. The normalized spacial score (nSPS) is 11.9. The molecule has 0 fully saturated rings. The first kappa shape index (κ1) is 33.6. The minimum Gasteiger partial charge on any atom is -0.494 e. The predicted molar refractivity (Wildman–Crippen MR) is 201 cm³/mol. The second kappa shape index (κ2) is 14.1. The molecule has 2 aromatic heterocycles. The molecule has 6 aromatic rings. The van der Waals surface area contributed by atoms with E-state index in [1.54, 1.807) is 0 Å². The zero-order chi connectivity index (χ0) is 34.6. The van der Waals surface area contributed by atoms with Gasteiger partial charge in [0.25, 0.3) is 5.91 Å². The lowest BCUT2D eigenvalue weighted by molar-refractivity contribution is 0.100. The number of nitrogens with two attached hydrogens (primary N) is 1. The van der Waals surface area contributed by atoms with Gasteiger partial charge in [0.05, 0.1) is 24.5 Å². The summed E-state index contributed by atoms with van der Waals surface area (Å²) in [6.45, 7) is 9.60. The van der Waals surface area contributed by atoms with Crippen LogP contribution < -0.4 is 26.2 Å². The average molecular weight is 670 g/mol. The monoisotopic (exact) mass is 669 g/mol. The molecule has 0 unspecified atom stereocenters. The molecule has 5 N–H and O–H groups in total. The standard InChI is InChI=1S/C40H43N5O3Si/c1-5-32-28(26-46)13-12-18-34(32)43-35-33(37(41)47)25-42-39-36(35)44-38(45-39)27-19-21-29(22-20-27)48-23-24-49(40(2,3)4,30-14-8-6-9-15-30)31-16-10-7-11-17-31/h6-22,25,46H,5,23-24,26H2,1-4H3,(H2,41,47)(H2,42,43,44,45). The Morgan fingerprint density at radius 2 is 1.57 bits per heavy atom. The van der Waals surface area contributed by atoms with Gasteiger partial charge in [0.15, 0.2) is 5.65 Å². The highest BCUT2D eigenvalue weighted by atomic mass is 28.3. The third-order valence-electron chi connectivity index (χ3n) is 9.53. The number of hydrogen-bond acceptors (Lipinski definition) is 6. The molecule has 0 aliphatic rings. The highest BCUT2D eigenvalue weighted by molar-refractivity contribution is 7.04. The topological polar surface area (TPSA) is 126 Å². The number of ether oxygens (including phenoxy) is 1. The maximum atomic E-state index is 12.5. The Morgan fingerprint density at radius 3 is 2.14 bits per heavy atom. The van der Waals surface area contributed by atoms with E-state index in [1.807, 2.05) is 49.4 Å². The van der Waals surface area contributed by atoms with Crippen molar-refractivity contribution >= 4 is 46.9 Å². The maximum absolute atomic E-state index is 12.5. The lowest BCUT2D eigenvalue weighted by Gasteiger charge is -2.44. The fourth-order valence-electron chi connectivity index (χ4n) is 7.03. The quantitative estimate of drug-likeness (QED) is 0.104. The number of carbonyl (C=O) groups is 1. The van der Waals surface area contributed by atoms with Crippen molar-refractivity contribution < 1.29 is 14.6 Å². The summed E-state index contributed by atoms with van der Waals surface area (Å²) >= 11 is 0. The number of fused-ring (bicyclic) bond motifs is 1. The number of H-pyrrole nitrogens is 1. The van der Waals surface area contributed by atoms with E-state index >= 15 is 0 Å². The van der Waals surface area contributed by atoms with Crippen LogP contribution in [0, 0.1) is 0 Å². The van der Waals surface area contributed by atoms with Crippen LogP contribution in [0.3, 0.4) is 0 Å². The van der Waals surface area contributed by atoms with Gasteiger partial charge in [0.2, 0.25) is 0 Å². The highest BCUT2D eigenvalue weighted by Crippen LogP contribution is 2.39. The van der Waals surface area contributed by atoms with Gasteiger partial charge in [-0.15, -0.1) is 0 Å². The molecule has 0 saturated carbocycles. The van der Waals surface area contributed by atoms with Gasteiger partial charge in [-0.3, -0.25) is 4.79 Å². The second-order valence-electron chi connectivity index (χ2n) is 13.3.